The van der Waals surface area contributed by atoms with Gasteiger partial charge in [0.15, 0.2) is 0 Å². The van der Waals surface area contributed by atoms with Crippen LogP contribution in [0.25, 0.3) is 6.20 Å². The molecule has 0 saturated carbocycles. The molecule has 0 amide bonds. The van der Waals surface area contributed by atoms with Crippen LogP contribution in [0.5, 0.6) is 0 Å². The van der Waals surface area contributed by atoms with Crippen LogP contribution in [0.4, 0.5) is 0 Å². The molecule has 2 nitrogen and oxygen atoms in total. The van der Waals surface area contributed by atoms with Gasteiger partial charge in [-0.2, -0.15) is 0 Å². The Balaban J connectivity index is 0.00000169. The van der Waals surface area contributed by atoms with Gasteiger partial charge in [0.25, 0.3) is 0 Å². The number of hydrogen-bond donors (Lipinski definition) is 0. The molecule has 80 valence electrons. The lowest BCUT2D eigenvalue weighted by Gasteiger charge is -1.95. The van der Waals surface area contributed by atoms with Crippen LogP contribution in [0.15, 0.2) is 25.3 Å². The average Bonchev–Trinajstić information content (AvgIpc) is 2.60. The molecule has 0 saturated heterocycles. The quantitative estimate of drug-likeness (QED) is 0.445. The number of rotatable bonds is 6. The summed E-state index contributed by atoms with van der Waals surface area (Å²) in [5.41, 5.74) is 0. The summed E-state index contributed by atoms with van der Waals surface area (Å²) < 4.78 is 4.18. The van der Waals surface area contributed by atoms with Crippen molar-refractivity contribution in [2.45, 2.75) is 39.2 Å². The Morgan fingerprint density at radius 1 is 1.36 bits per heavy atom. The molecule has 1 aromatic rings. The van der Waals surface area contributed by atoms with Crippen LogP contribution in [0.1, 0.15) is 32.6 Å². The van der Waals surface area contributed by atoms with Gasteiger partial charge in [-0.25, -0.2) is 9.13 Å². The summed E-state index contributed by atoms with van der Waals surface area (Å²) in [5, 5.41) is 0. The Hall–Kier alpha value is -0.760. The Morgan fingerprint density at radius 2 is 2.14 bits per heavy atom. The number of aryl methyl sites for hydroxylation is 1. The maximum atomic E-state index is 3.70. The first-order chi connectivity index (χ1) is 6.36. The third kappa shape index (κ3) is 4.47. The van der Waals surface area contributed by atoms with Crippen molar-refractivity contribution in [1.29, 1.82) is 0 Å². The van der Waals surface area contributed by atoms with Crippen LogP contribution in [0, 0.1) is 0 Å². The van der Waals surface area contributed by atoms with Gasteiger partial charge >= 0.3 is 0 Å². The Morgan fingerprint density at radius 3 is 2.71 bits per heavy atom. The van der Waals surface area contributed by atoms with E-state index in [-0.39, 0.29) is 12.4 Å². The molecule has 14 heavy (non-hydrogen) atoms. The molecule has 1 heterocycles. The van der Waals surface area contributed by atoms with Gasteiger partial charge in [0, 0.05) is 0 Å². The van der Waals surface area contributed by atoms with Crippen LogP contribution in [-0.4, -0.2) is 4.57 Å². The van der Waals surface area contributed by atoms with Crippen LogP contribution in [0.3, 0.4) is 0 Å². The van der Waals surface area contributed by atoms with Crippen molar-refractivity contribution in [3.63, 3.8) is 0 Å². The van der Waals surface area contributed by atoms with Crippen molar-refractivity contribution >= 4 is 6.20 Å². The molecule has 0 radical (unpaired) electrons. The molecule has 0 aliphatic carbocycles. The van der Waals surface area contributed by atoms with Gasteiger partial charge in [-0.15, -0.1) is 0 Å². The van der Waals surface area contributed by atoms with Gasteiger partial charge in [-0.05, 0) is 12.8 Å². The molecule has 0 fully saturated rings. The molecule has 0 aromatic carbocycles. The Bertz CT molecular complexity index is 256. The predicted octanol–water partition coefficient (Wildman–Crippen LogP) is -0.540. The molecule has 0 N–H and O–H groups in total. The zero-order valence-electron chi connectivity index (χ0n) is 8.82. The summed E-state index contributed by atoms with van der Waals surface area (Å²) in [5.74, 6) is 0. The highest BCUT2D eigenvalue weighted by Crippen LogP contribution is 1.98. The fourth-order valence-corrected chi connectivity index (χ4v) is 1.37. The average molecular weight is 215 g/mol. The molecular weight excluding hydrogens is 196 g/mol. The van der Waals surface area contributed by atoms with Gasteiger partial charge in [-0.3, -0.25) is 0 Å². The van der Waals surface area contributed by atoms with Gasteiger partial charge in [-0.1, -0.05) is 26.3 Å². The first-order valence-corrected chi connectivity index (χ1v) is 5.06. The van der Waals surface area contributed by atoms with E-state index in [1.165, 1.54) is 25.7 Å². The smallest absolute Gasteiger partial charge is 0.248 e. The molecule has 0 bridgehead atoms. The third-order valence-electron chi connectivity index (χ3n) is 2.19. The molecule has 0 aliphatic heterocycles. The van der Waals surface area contributed by atoms with Crippen molar-refractivity contribution in [1.82, 2.24) is 4.57 Å². The molecule has 0 aliphatic rings. The third-order valence-corrected chi connectivity index (χ3v) is 2.19. The van der Waals surface area contributed by atoms with Gasteiger partial charge in [0.05, 0.1) is 12.7 Å². The highest BCUT2D eigenvalue weighted by atomic mass is 35.5. The lowest BCUT2D eigenvalue weighted by Crippen LogP contribution is -3.00. The molecular formula is C11H19ClN2. The van der Waals surface area contributed by atoms with E-state index in [1.807, 2.05) is 17.0 Å². The van der Waals surface area contributed by atoms with Crippen LogP contribution >= 0.6 is 0 Å². The lowest BCUT2D eigenvalue weighted by molar-refractivity contribution is -0.696. The number of imidazole rings is 1. The number of nitrogens with zero attached hydrogens (tertiary/aromatic N) is 2. The first kappa shape index (κ1) is 13.2. The van der Waals surface area contributed by atoms with Crippen LogP contribution in [0.2, 0.25) is 0 Å². The van der Waals surface area contributed by atoms with E-state index in [4.69, 9.17) is 0 Å². The molecule has 0 unspecified atom stereocenters. The number of halogens is 1. The minimum absolute atomic E-state index is 0. The zero-order valence-corrected chi connectivity index (χ0v) is 9.58. The highest BCUT2D eigenvalue weighted by Gasteiger charge is 1.99. The molecule has 3 heteroatoms. The van der Waals surface area contributed by atoms with E-state index >= 15 is 0 Å². The number of unbranched alkanes of at least 4 members (excludes halogenated alkanes) is 3. The van der Waals surface area contributed by atoms with Gasteiger partial charge < -0.3 is 12.4 Å². The summed E-state index contributed by atoms with van der Waals surface area (Å²) >= 11 is 0. The predicted molar refractivity (Wildman–Crippen MR) is 55.2 cm³/mol. The topological polar surface area (TPSA) is 8.81 Å². The van der Waals surface area contributed by atoms with Crippen molar-refractivity contribution in [3.05, 3.63) is 25.3 Å². The second-order valence-electron chi connectivity index (χ2n) is 3.34. The standard InChI is InChI=1S/C11H19N2.ClH/c1-3-5-6-7-8-13-10-9-12(4-2)11-13;/h4,9-11H,2-3,5-8H2,1H3;1H/q+1;/p-1. The summed E-state index contributed by atoms with van der Waals surface area (Å²) in [4.78, 5) is 0. The maximum Gasteiger partial charge on any atom is 0.248 e. The Labute approximate surface area is 92.7 Å². The normalized spacial score (nSPS) is 9.50. The minimum Gasteiger partial charge on any atom is -1.00 e. The summed E-state index contributed by atoms with van der Waals surface area (Å²) in [7, 11) is 0. The van der Waals surface area contributed by atoms with E-state index in [1.54, 1.807) is 0 Å². The fraction of sp³-hybridized carbons (Fsp3) is 0.545. The van der Waals surface area contributed by atoms with E-state index in [0.717, 1.165) is 6.54 Å². The van der Waals surface area contributed by atoms with Crippen molar-refractivity contribution in [2.24, 2.45) is 0 Å². The van der Waals surface area contributed by atoms with Crippen molar-refractivity contribution in [2.75, 3.05) is 0 Å². The van der Waals surface area contributed by atoms with Crippen molar-refractivity contribution < 1.29 is 17.0 Å². The second kappa shape index (κ2) is 7.63. The van der Waals surface area contributed by atoms with E-state index < -0.39 is 0 Å². The fourth-order valence-electron chi connectivity index (χ4n) is 1.37. The van der Waals surface area contributed by atoms with Gasteiger partial charge in [0.2, 0.25) is 6.33 Å². The monoisotopic (exact) mass is 214 g/mol. The molecule has 0 atom stereocenters. The first-order valence-electron chi connectivity index (χ1n) is 5.06. The molecule has 0 spiro atoms. The Kier molecular flexibility index (Phi) is 7.21. The molecule has 1 aromatic heterocycles. The summed E-state index contributed by atoms with van der Waals surface area (Å²) in [6, 6.07) is 0. The zero-order chi connectivity index (χ0) is 9.52. The molecule has 1 rings (SSSR count). The summed E-state index contributed by atoms with van der Waals surface area (Å²) in [6.07, 6.45) is 13.3. The highest BCUT2D eigenvalue weighted by molar-refractivity contribution is 5.12. The largest absolute Gasteiger partial charge is 1.00 e. The van der Waals surface area contributed by atoms with Gasteiger partial charge in [0.1, 0.15) is 12.4 Å². The van der Waals surface area contributed by atoms with Crippen LogP contribution < -0.4 is 17.0 Å². The van der Waals surface area contributed by atoms with Crippen molar-refractivity contribution in [3.8, 4) is 0 Å². The number of hydrogen-bond acceptors (Lipinski definition) is 0. The van der Waals surface area contributed by atoms with Crippen LogP contribution in [-0.2, 0) is 6.54 Å². The maximum absolute atomic E-state index is 3.70. The SMILES string of the molecule is C=Cn1cc[n+](CCCCCC)c1.[Cl-]. The van der Waals surface area contributed by atoms with E-state index in [9.17, 15) is 0 Å². The van der Waals surface area contributed by atoms with E-state index in [2.05, 4.69) is 30.6 Å². The summed E-state index contributed by atoms with van der Waals surface area (Å²) in [6.45, 7) is 7.07. The van der Waals surface area contributed by atoms with E-state index in [0.29, 0.717) is 0 Å². The lowest BCUT2D eigenvalue weighted by atomic mass is 10.2. The number of aromatic nitrogens is 2. The second-order valence-corrected chi connectivity index (χ2v) is 3.34. The minimum atomic E-state index is 0.